The summed E-state index contributed by atoms with van der Waals surface area (Å²) >= 11 is 0. The standard InChI is InChI=1S/C34H29BO3/c1-33(2)34(3,4)38-35(37-33)25-17-18-31-29(20-25)30-21-28(26-15-8-9-16-27(26)32(30)36-31)24-14-10-13-23(19-24)22-11-6-5-7-12-22/h5-21H,1-4H3. The fourth-order valence-electron chi connectivity index (χ4n) is 5.48. The van der Waals surface area contributed by atoms with Crippen LogP contribution in [0.3, 0.4) is 0 Å². The maximum atomic E-state index is 6.47. The second-order valence-electron chi connectivity index (χ2n) is 11.2. The average Bonchev–Trinajstić information content (AvgIpc) is 3.41. The van der Waals surface area contributed by atoms with Crippen molar-refractivity contribution in [3.8, 4) is 22.3 Å². The van der Waals surface area contributed by atoms with E-state index >= 15 is 0 Å². The SMILES string of the molecule is CC1(C)OB(c2ccc3oc4c5ccccc5c(-c5cccc(-c6ccccc6)c5)cc4c3c2)OC1(C)C. The predicted molar refractivity (Wildman–Crippen MR) is 158 cm³/mol. The molecule has 1 aliphatic heterocycles. The molecule has 0 bridgehead atoms. The molecule has 5 aromatic carbocycles. The number of furan rings is 1. The molecule has 1 saturated heterocycles. The Balaban J connectivity index is 1.43. The average molecular weight is 496 g/mol. The van der Waals surface area contributed by atoms with Crippen LogP contribution < -0.4 is 5.46 Å². The van der Waals surface area contributed by atoms with Crippen LogP contribution in [0.1, 0.15) is 27.7 Å². The van der Waals surface area contributed by atoms with Gasteiger partial charge in [0.15, 0.2) is 0 Å². The van der Waals surface area contributed by atoms with Crippen LogP contribution in [-0.2, 0) is 9.31 Å². The van der Waals surface area contributed by atoms with Gasteiger partial charge in [-0.1, -0.05) is 84.9 Å². The van der Waals surface area contributed by atoms with Gasteiger partial charge in [-0.25, -0.2) is 0 Å². The summed E-state index contributed by atoms with van der Waals surface area (Å²) in [5.41, 5.74) is 6.77. The van der Waals surface area contributed by atoms with Gasteiger partial charge < -0.3 is 13.7 Å². The molecule has 1 aromatic heterocycles. The second kappa shape index (κ2) is 8.32. The van der Waals surface area contributed by atoms with Crippen molar-refractivity contribution in [2.75, 3.05) is 0 Å². The number of rotatable bonds is 3. The summed E-state index contributed by atoms with van der Waals surface area (Å²) in [5.74, 6) is 0. The lowest BCUT2D eigenvalue weighted by Gasteiger charge is -2.32. The van der Waals surface area contributed by atoms with Gasteiger partial charge in [0.25, 0.3) is 0 Å². The van der Waals surface area contributed by atoms with Crippen LogP contribution in [0.5, 0.6) is 0 Å². The quantitative estimate of drug-likeness (QED) is 0.231. The normalized spacial score (nSPS) is 16.6. The summed E-state index contributed by atoms with van der Waals surface area (Å²) in [7, 11) is -0.420. The van der Waals surface area contributed by atoms with E-state index in [0.717, 1.165) is 32.8 Å². The van der Waals surface area contributed by atoms with Crippen LogP contribution >= 0.6 is 0 Å². The van der Waals surface area contributed by atoms with Crippen LogP contribution in [0.2, 0.25) is 0 Å². The molecule has 0 radical (unpaired) electrons. The van der Waals surface area contributed by atoms with E-state index in [1.807, 2.05) is 6.07 Å². The highest BCUT2D eigenvalue weighted by Gasteiger charge is 2.51. The van der Waals surface area contributed by atoms with Crippen molar-refractivity contribution in [3.05, 3.63) is 103 Å². The zero-order chi connectivity index (χ0) is 26.1. The van der Waals surface area contributed by atoms with Gasteiger partial charge in [0.1, 0.15) is 11.2 Å². The van der Waals surface area contributed by atoms with E-state index in [4.69, 9.17) is 13.7 Å². The minimum Gasteiger partial charge on any atom is -0.455 e. The largest absolute Gasteiger partial charge is 0.494 e. The summed E-state index contributed by atoms with van der Waals surface area (Å²) in [5, 5.41) is 4.45. The number of fused-ring (bicyclic) bond motifs is 5. The maximum Gasteiger partial charge on any atom is 0.494 e. The van der Waals surface area contributed by atoms with Gasteiger partial charge in [0.05, 0.1) is 11.2 Å². The van der Waals surface area contributed by atoms with Crippen LogP contribution in [0.25, 0.3) is 55.0 Å². The zero-order valence-corrected chi connectivity index (χ0v) is 22.1. The van der Waals surface area contributed by atoms with Gasteiger partial charge >= 0.3 is 7.12 Å². The van der Waals surface area contributed by atoms with Crippen molar-refractivity contribution in [1.29, 1.82) is 0 Å². The van der Waals surface area contributed by atoms with Gasteiger partial charge in [0, 0.05) is 16.2 Å². The van der Waals surface area contributed by atoms with Crippen molar-refractivity contribution in [2.45, 2.75) is 38.9 Å². The first-order valence-electron chi connectivity index (χ1n) is 13.2. The van der Waals surface area contributed by atoms with Gasteiger partial charge in [-0.3, -0.25) is 0 Å². The minimum absolute atomic E-state index is 0.391. The Morgan fingerprint density at radius 1 is 0.526 bits per heavy atom. The van der Waals surface area contributed by atoms with Crippen LogP contribution in [0, 0.1) is 0 Å². The Morgan fingerprint density at radius 3 is 1.95 bits per heavy atom. The zero-order valence-electron chi connectivity index (χ0n) is 22.1. The first-order valence-corrected chi connectivity index (χ1v) is 13.2. The molecule has 0 saturated carbocycles. The Labute approximate surface area is 223 Å². The summed E-state index contributed by atoms with van der Waals surface area (Å²) in [6.45, 7) is 8.34. The first kappa shape index (κ1) is 23.3. The lowest BCUT2D eigenvalue weighted by atomic mass is 9.78. The fourth-order valence-corrected chi connectivity index (χ4v) is 5.48. The highest BCUT2D eigenvalue weighted by Crippen LogP contribution is 2.41. The number of hydrogen-bond acceptors (Lipinski definition) is 3. The molecular formula is C34H29BO3. The van der Waals surface area contributed by atoms with Crippen molar-refractivity contribution < 1.29 is 13.7 Å². The van der Waals surface area contributed by atoms with E-state index < -0.39 is 18.3 Å². The summed E-state index contributed by atoms with van der Waals surface area (Å²) in [6, 6.07) is 36.4. The third-order valence-electron chi connectivity index (χ3n) is 8.31. The molecule has 0 amide bonds. The van der Waals surface area contributed by atoms with E-state index in [0.29, 0.717) is 0 Å². The van der Waals surface area contributed by atoms with Gasteiger partial charge in [-0.15, -0.1) is 0 Å². The van der Waals surface area contributed by atoms with E-state index in [-0.39, 0.29) is 0 Å². The van der Waals surface area contributed by atoms with Crippen LogP contribution in [-0.4, -0.2) is 18.3 Å². The van der Waals surface area contributed by atoms with E-state index in [1.165, 1.54) is 27.6 Å². The van der Waals surface area contributed by atoms with Gasteiger partial charge in [-0.05, 0) is 79.0 Å². The molecule has 7 rings (SSSR count). The Bertz CT molecular complexity index is 1820. The fraction of sp³-hybridized carbons (Fsp3) is 0.176. The smallest absolute Gasteiger partial charge is 0.455 e. The van der Waals surface area contributed by atoms with Crippen LogP contribution in [0.4, 0.5) is 0 Å². The number of benzene rings is 5. The predicted octanol–water partition coefficient (Wildman–Crippen LogP) is 8.37. The first-order chi connectivity index (χ1) is 18.3. The monoisotopic (exact) mass is 496 g/mol. The van der Waals surface area contributed by atoms with Gasteiger partial charge in [-0.2, -0.15) is 0 Å². The van der Waals surface area contributed by atoms with Crippen molar-refractivity contribution in [2.24, 2.45) is 0 Å². The van der Waals surface area contributed by atoms with E-state index in [1.54, 1.807) is 0 Å². The van der Waals surface area contributed by atoms with Crippen molar-refractivity contribution in [3.63, 3.8) is 0 Å². The van der Waals surface area contributed by atoms with Gasteiger partial charge in [0.2, 0.25) is 0 Å². The maximum absolute atomic E-state index is 6.47. The Morgan fingerprint density at radius 2 is 1.18 bits per heavy atom. The molecule has 0 spiro atoms. The topological polar surface area (TPSA) is 31.6 Å². The van der Waals surface area contributed by atoms with Crippen molar-refractivity contribution in [1.82, 2.24) is 0 Å². The molecule has 0 aliphatic carbocycles. The summed E-state index contributed by atoms with van der Waals surface area (Å²) in [4.78, 5) is 0. The lowest BCUT2D eigenvalue weighted by Crippen LogP contribution is -2.41. The highest BCUT2D eigenvalue weighted by atomic mass is 16.7. The summed E-state index contributed by atoms with van der Waals surface area (Å²) < 4.78 is 19.2. The molecule has 186 valence electrons. The molecule has 0 N–H and O–H groups in total. The molecule has 1 fully saturated rings. The second-order valence-corrected chi connectivity index (χ2v) is 11.2. The molecule has 0 unspecified atom stereocenters. The molecule has 3 nitrogen and oxygen atoms in total. The minimum atomic E-state index is -0.420. The molecular weight excluding hydrogens is 467 g/mol. The molecule has 1 aliphatic rings. The van der Waals surface area contributed by atoms with Crippen molar-refractivity contribution >= 4 is 45.3 Å². The third-order valence-corrected chi connectivity index (χ3v) is 8.31. The van der Waals surface area contributed by atoms with E-state index in [9.17, 15) is 0 Å². The molecule has 4 heteroatoms. The van der Waals surface area contributed by atoms with E-state index in [2.05, 4.69) is 125 Å². The molecule has 6 aromatic rings. The molecule has 0 atom stereocenters. The third kappa shape index (κ3) is 3.59. The molecule has 2 heterocycles. The number of hydrogen-bond donors (Lipinski definition) is 0. The Kier molecular flexibility index (Phi) is 5.10. The van der Waals surface area contributed by atoms with Crippen LogP contribution in [0.15, 0.2) is 108 Å². The highest BCUT2D eigenvalue weighted by molar-refractivity contribution is 6.62. The summed E-state index contributed by atoms with van der Waals surface area (Å²) in [6.07, 6.45) is 0. The molecule has 38 heavy (non-hydrogen) atoms. The lowest BCUT2D eigenvalue weighted by molar-refractivity contribution is 0.00578. The Hall–Kier alpha value is -3.86.